The lowest BCUT2D eigenvalue weighted by Gasteiger charge is -2.24. The number of para-hydroxylation sites is 1. The van der Waals surface area contributed by atoms with Gasteiger partial charge in [0.05, 0.1) is 0 Å². The Kier molecular flexibility index (Phi) is 4.41. The summed E-state index contributed by atoms with van der Waals surface area (Å²) in [7, 11) is 0. The molecule has 1 saturated heterocycles. The molecule has 0 spiro atoms. The van der Waals surface area contributed by atoms with Gasteiger partial charge in [-0.15, -0.1) is 0 Å². The van der Waals surface area contributed by atoms with Gasteiger partial charge in [-0.1, -0.05) is 24.3 Å². The number of aromatic nitrogens is 1. The van der Waals surface area contributed by atoms with E-state index in [4.69, 9.17) is 4.74 Å². The summed E-state index contributed by atoms with van der Waals surface area (Å²) in [5.41, 5.74) is 1.50. The van der Waals surface area contributed by atoms with E-state index in [1.807, 2.05) is 49.5 Å². The van der Waals surface area contributed by atoms with Crippen molar-refractivity contribution in [3.8, 4) is 5.75 Å². The third kappa shape index (κ3) is 3.64. The number of ether oxygens (including phenoxy) is 1. The maximum Gasteiger partial charge on any atom is 0.119 e. The zero-order valence-corrected chi connectivity index (χ0v) is 12.9. The molecule has 4 nitrogen and oxygen atoms in total. The Labute approximate surface area is 131 Å². The molecular weight excluding hydrogens is 276 g/mol. The first-order valence-corrected chi connectivity index (χ1v) is 7.68. The lowest BCUT2D eigenvalue weighted by Crippen LogP contribution is -2.39. The summed E-state index contributed by atoms with van der Waals surface area (Å²) >= 11 is 0. The van der Waals surface area contributed by atoms with Crippen LogP contribution in [0.15, 0.2) is 48.7 Å². The second-order valence-corrected chi connectivity index (χ2v) is 6.03. The molecule has 0 aliphatic carbocycles. The van der Waals surface area contributed by atoms with Crippen LogP contribution in [0.5, 0.6) is 5.75 Å². The van der Waals surface area contributed by atoms with Crippen molar-refractivity contribution in [1.29, 1.82) is 0 Å². The summed E-state index contributed by atoms with van der Waals surface area (Å²) in [6.07, 6.45) is 2.55. The summed E-state index contributed by atoms with van der Waals surface area (Å²) in [5.74, 6) is 0.803. The van der Waals surface area contributed by atoms with E-state index in [0.29, 0.717) is 13.2 Å². The second-order valence-electron chi connectivity index (χ2n) is 6.03. The molecule has 1 fully saturated rings. The van der Waals surface area contributed by atoms with Crippen molar-refractivity contribution in [3.63, 3.8) is 0 Å². The molecule has 2 heterocycles. The molecule has 0 bridgehead atoms. The van der Waals surface area contributed by atoms with Gasteiger partial charge in [0.2, 0.25) is 0 Å². The molecule has 2 aromatic rings. The average Bonchev–Trinajstić information content (AvgIpc) is 2.90. The van der Waals surface area contributed by atoms with Gasteiger partial charge in [-0.2, -0.15) is 0 Å². The molecule has 3 rings (SSSR count). The summed E-state index contributed by atoms with van der Waals surface area (Å²) in [5, 5.41) is 10.7. The number of nitrogens with zero attached hydrogens (tertiary/aromatic N) is 2. The summed E-state index contributed by atoms with van der Waals surface area (Å²) in [6, 6.07) is 13.7. The van der Waals surface area contributed by atoms with Crippen molar-refractivity contribution < 1.29 is 9.84 Å². The predicted octanol–water partition coefficient (Wildman–Crippen LogP) is 2.41. The molecule has 1 N–H and O–H groups in total. The summed E-state index contributed by atoms with van der Waals surface area (Å²) in [6.45, 7) is 4.69. The van der Waals surface area contributed by atoms with Gasteiger partial charge in [0.1, 0.15) is 18.0 Å². The summed E-state index contributed by atoms with van der Waals surface area (Å²) in [4.78, 5) is 6.58. The SMILES string of the molecule is Cc1ncccc1CN1CCC(O)(COc2ccccc2)C1. The monoisotopic (exact) mass is 298 g/mol. The van der Waals surface area contributed by atoms with E-state index in [1.165, 1.54) is 5.56 Å². The second kappa shape index (κ2) is 6.46. The number of aryl methyl sites for hydroxylation is 1. The number of pyridine rings is 1. The Morgan fingerprint density at radius 3 is 2.82 bits per heavy atom. The fourth-order valence-corrected chi connectivity index (χ4v) is 2.85. The number of hydrogen-bond donors (Lipinski definition) is 1. The van der Waals surface area contributed by atoms with Gasteiger partial charge < -0.3 is 9.84 Å². The Balaban J connectivity index is 1.56. The highest BCUT2D eigenvalue weighted by Gasteiger charge is 2.36. The number of likely N-dealkylation sites (tertiary alicyclic amines) is 1. The van der Waals surface area contributed by atoms with E-state index in [9.17, 15) is 5.11 Å². The van der Waals surface area contributed by atoms with E-state index in [2.05, 4.69) is 16.0 Å². The quantitative estimate of drug-likeness (QED) is 0.921. The molecule has 1 aromatic carbocycles. The van der Waals surface area contributed by atoms with Crippen molar-refractivity contribution in [3.05, 3.63) is 59.9 Å². The Bertz CT molecular complexity index is 617. The van der Waals surface area contributed by atoms with Gasteiger partial charge in [-0.25, -0.2) is 0 Å². The third-order valence-electron chi connectivity index (χ3n) is 4.17. The highest BCUT2D eigenvalue weighted by atomic mass is 16.5. The van der Waals surface area contributed by atoms with Crippen LogP contribution in [0.4, 0.5) is 0 Å². The minimum atomic E-state index is -0.772. The number of hydrogen-bond acceptors (Lipinski definition) is 4. The maximum atomic E-state index is 10.7. The van der Waals surface area contributed by atoms with Gasteiger partial charge in [0.25, 0.3) is 0 Å². The normalized spacial score (nSPS) is 21.9. The van der Waals surface area contributed by atoms with Crippen LogP contribution in [0.25, 0.3) is 0 Å². The van der Waals surface area contributed by atoms with Gasteiger partial charge in [0.15, 0.2) is 0 Å². The summed E-state index contributed by atoms with van der Waals surface area (Å²) < 4.78 is 5.73. The number of β-amino-alcohol motifs (C(OH)–C–C–N with tert-alkyl or cyclic N) is 1. The number of rotatable bonds is 5. The van der Waals surface area contributed by atoms with E-state index in [-0.39, 0.29) is 0 Å². The Morgan fingerprint density at radius 1 is 1.23 bits per heavy atom. The molecule has 0 saturated carbocycles. The van der Waals surface area contributed by atoms with Crippen LogP contribution in [0.1, 0.15) is 17.7 Å². The first kappa shape index (κ1) is 15.0. The zero-order chi connectivity index (χ0) is 15.4. The minimum absolute atomic E-state index is 0.333. The lowest BCUT2D eigenvalue weighted by molar-refractivity contribution is 0.00336. The molecule has 0 amide bonds. The third-order valence-corrected chi connectivity index (χ3v) is 4.17. The Morgan fingerprint density at radius 2 is 2.05 bits per heavy atom. The largest absolute Gasteiger partial charge is 0.491 e. The molecule has 1 unspecified atom stereocenters. The van der Waals surface area contributed by atoms with Crippen LogP contribution in [0.2, 0.25) is 0 Å². The van der Waals surface area contributed by atoms with Crippen molar-refractivity contribution in [1.82, 2.24) is 9.88 Å². The van der Waals surface area contributed by atoms with Crippen molar-refractivity contribution >= 4 is 0 Å². The van der Waals surface area contributed by atoms with E-state index in [1.54, 1.807) is 0 Å². The molecule has 116 valence electrons. The molecule has 1 aliphatic heterocycles. The fraction of sp³-hybridized carbons (Fsp3) is 0.389. The van der Waals surface area contributed by atoms with Crippen molar-refractivity contribution in [2.45, 2.75) is 25.5 Å². The standard InChI is InChI=1S/C18H22N2O2/c1-15-16(6-5-10-19-15)12-20-11-9-18(21,13-20)14-22-17-7-3-2-4-8-17/h2-8,10,21H,9,11-14H2,1H3. The lowest BCUT2D eigenvalue weighted by atomic mass is 10.1. The average molecular weight is 298 g/mol. The molecule has 0 radical (unpaired) electrons. The van der Waals surface area contributed by atoms with Crippen LogP contribution in [0, 0.1) is 6.92 Å². The van der Waals surface area contributed by atoms with E-state index >= 15 is 0 Å². The molecule has 4 heteroatoms. The van der Waals surface area contributed by atoms with E-state index in [0.717, 1.165) is 31.0 Å². The zero-order valence-electron chi connectivity index (χ0n) is 12.9. The van der Waals surface area contributed by atoms with Crippen LogP contribution < -0.4 is 4.74 Å². The van der Waals surface area contributed by atoms with Gasteiger partial charge >= 0.3 is 0 Å². The minimum Gasteiger partial charge on any atom is -0.491 e. The number of aliphatic hydroxyl groups is 1. The van der Waals surface area contributed by atoms with Gasteiger partial charge in [0, 0.05) is 31.5 Å². The first-order chi connectivity index (χ1) is 10.6. The predicted molar refractivity (Wildman–Crippen MR) is 85.8 cm³/mol. The number of benzene rings is 1. The van der Waals surface area contributed by atoms with Crippen LogP contribution in [-0.2, 0) is 6.54 Å². The molecule has 1 aliphatic rings. The highest BCUT2D eigenvalue weighted by molar-refractivity contribution is 5.21. The highest BCUT2D eigenvalue weighted by Crippen LogP contribution is 2.24. The molecule has 22 heavy (non-hydrogen) atoms. The first-order valence-electron chi connectivity index (χ1n) is 7.68. The van der Waals surface area contributed by atoms with Gasteiger partial charge in [-0.05, 0) is 37.1 Å². The maximum absolute atomic E-state index is 10.7. The smallest absolute Gasteiger partial charge is 0.119 e. The van der Waals surface area contributed by atoms with Crippen LogP contribution in [-0.4, -0.2) is 40.3 Å². The molecule has 1 atom stereocenters. The molecular formula is C18H22N2O2. The molecule has 1 aromatic heterocycles. The van der Waals surface area contributed by atoms with Crippen molar-refractivity contribution in [2.75, 3.05) is 19.7 Å². The van der Waals surface area contributed by atoms with Gasteiger partial charge in [-0.3, -0.25) is 9.88 Å². The van der Waals surface area contributed by atoms with E-state index < -0.39 is 5.60 Å². The Hall–Kier alpha value is -1.91. The van der Waals surface area contributed by atoms with Crippen molar-refractivity contribution in [2.24, 2.45) is 0 Å². The van der Waals surface area contributed by atoms with Crippen LogP contribution in [0.3, 0.4) is 0 Å². The topological polar surface area (TPSA) is 45.6 Å². The fourth-order valence-electron chi connectivity index (χ4n) is 2.85. The van der Waals surface area contributed by atoms with Crippen LogP contribution >= 0.6 is 0 Å².